The van der Waals surface area contributed by atoms with E-state index in [1.807, 2.05) is 20.8 Å². The zero-order valence-electron chi connectivity index (χ0n) is 15.5. The lowest BCUT2D eigenvalue weighted by Gasteiger charge is -2.42. The highest BCUT2D eigenvalue weighted by Crippen LogP contribution is 2.42. The monoisotopic (exact) mass is 343 g/mol. The van der Waals surface area contributed by atoms with Gasteiger partial charge in [-0.1, -0.05) is 38.5 Å². The van der Waals surface area contributed by atoms with Crippen molar-refractivity contribution in [1.29, 1.82) is 0 Å². The highest BCUT2D eigenvalue weighted by Gasteiger charge is 2.48. The fourth-order valence-electron chi connectivity index (χ4n) is 3.16. The summed E-state index contributed by atoms with van der Waals surface area (Å²) in [4.78, 5) is 24.2. The summed E-state index contributed by atoms with van der Waals surface area (Å²) < 4.78 is 5.32. The average molecular weight is 344 g/mol. The van der Waals surface area contributed by atoms with E-state index in [0.29, 0.717) is 19.3 Å². The standard InChI is InChI=1S/C17H33NO4Si/c1-16(2,3)22-15(21)18-13-9-7-8-10-17(13,14(19)20)11-12-23(4,5)6/h13H,7-12H2,1-6H3,(H,18,21)(H,19,20). The second-order valence-electron chi connectivity index (χ2n) is 8.97. The normalized spacial score (nSPS) is 25.7. The quantitative estimate of drug-likeness (QED) is 0.732. The van der Waals surface area contributed by atoms with Crippen LogP contribution in [0.25, 0.3) is 0 Å². The first kappa shape index (κ1) is 20.0. The molecule has 0 radical (unpaired) electrons. The number of carboxylic acid groups (broad SMARTS) is 1. The Labute approximate surface area is 141 Å². The van der Waals surface area contributed by atoms with E-state index in [9.17, 15) is 14.7 Å². The van der Waals surface area contributed by atoms with E-state index < -0.39 is 31.2 Å². The van der Waals surface area contributed by atoms with Crippen molar-refractivity contribution in [1.82, 2.24) is 5.32 Å². The Morgan fingerprint density at radius 3 is 2.35 bits per heavy atom. The van der Waals surface area contributed by atoms with E-state index in [1.165, 1.54) is 0 Å². The largest absolute Gasteiger partial charge is 0.481 e. The van der Waals surface area contributed by atoms with Crippen LogP contribution in [0.2, 0.25) is 25.7 Å². The predicted octanol–water partition coefficient (Wildman–Crippen LogP) is 4.25. The number of carboxylic acids is 1. The third kappa shape index (κ3) is 6.16. The lowest BCUT2D eigenvalue weighted by molar-refractivity contribution is -0.153. The summed E-state index contributed by atoms with van der Waals surface area (Å²) in [7, 11) is -1.35. The van der Waals surface area contributed by atoms with Gasteiger partial charge >= 0.3 is 12.1 Å². The van der Waals surface area contributed by atoms with Gasteiger partial charge in [-0.3, -0.25) is 4.79 Å². The van der Waals surface area contributed by atoms with Crippen molar-refractivity contribution in [2.75, 3.05) is 0 Å². The molecule has 0 bridgehead atoms. The Hall–Kier alpha value is -1.04. The maximum Gasteiger partial charge on any atom is 0.407 e. The fourth-order valence-corrected chi connectivity index (χ4v) is 4.36. The lowest BCUT2D eigenvalue weighted by atomic mass is 9.68. The SMILES string of the molecule is CC(C)(C)OC(=O)NC1CCCCC1(CC[Si](C)(C)C)C(=O)O. The zero-order valence-corrected chi connectivity index (χ0v) is 16.5. The Morgan fingerprint density at radius 1 is 1.26 bits per heavy atom. The molecule has 0 saturated heterocycles. The molecule has 1 rings (SSSR count). The minimum atomic E-state index is -1.35. The maximum atomic E-state index is 12.1. The van der Waals surface area contributed by atoms with Crippen LogP contribution in [0.1, 0.15) is 52.9 Å². The topological polar surface area (TPSA) is 75.6 Å². The van der Waals surface area contributed by atoms with Gasteiger partial charge in [0, 0.05) is 14.1 Å². The molecule has 2 atom stereocenters. The van der Waals surface area contributed by atoms with Crippen molar-refractivity contribution in [3.8, 4) is 0 Å². The van der Waals surface area contributed by atoms with Gasteiger partial charge in [0.05, 0.1) is 5.41 Å². The number of nitrogens with one attached hydrogen (secondary N) is 1. The zero-order chi connectivity index (χ0) is 17.9. The number of carbonyl (C=O) groups is 2. The lowest BCUT2D eigenvalue weighted by Crippen LogP contribution is -2.55. The number of aliphatic carboxylic acids is 1. The van der Waals surface area contributed by atoms with Crippen molar-refractivity contribution in [2.45, 2.75) is 90.2 Å². The molecule has 134 valence electrons. The molecule has 0 spiro atoms. The van der Waals surface area contributed by atoms with Crippen molar-refractivity contribution in [3.05, 3.63) is 0 Å². The number of ether oxygens (including phenoxy) is 1. The van der Waals surface area contributed by atoms with Crippen molar-refractivity contribution < 1.29 is 19.4 Å². The Balaban J connectivity index is 2.91. The van der Waals surface area contributed by atoms with Crippen molar-refractivity contribution in [3.63, 3.8) is 0 Å². The number of hydrogen-bond acceptors (Lipinski definition) is 3. The molecule has 2 N–H and O–H groups in total. The van der Waals surface area contributed by atoms with Crippen LogP contribution < -0.4 is 5.32 Å². The molecule has 0 aliphatic heterocycles. The van der Waals surface area contributed by atoms with E-state index >= 15 is 0 Å². The molecule has 1 saturated carbocycles. The Kier molecular flexibility index (Phi) is 6.30. The number of amides is 1. The molecular formula is C17H33NO4Si. The molecule has 0 aromatic carbocycles. The van der Waals surface area contributed by atoms with Crippen molar-refractivity contribution in [2.24, 2.45) is 5.41 Å². The summed E-state index contributed by atoms with van der Waals surface area (Å²) in [6.07, 6.45) is 3.32. The molecule has 0 heterocycles. The molecule has 6 heteroatoms. The van der Waals surface area contributed by atoms with Crippen LogP contribution in [-0.2, 0) is 9.53 Å². The molecule has 0 aromatic heterocycles. The van der Waals surface area contributed by atoms with Gasteiger partial charge in [-0.25, -0.2) is 4.79 Å². The van der Waals surface area contributed by atoms with Gasteiger partial charge in [0.1, 0.15) is 5.60 Å². The average Bonchev–Trinajstić information content (AvgIpc) is 2.34. The number of rotatable bonds is 5. The minimum Gasteiger partial charge on any atom is -0.481 e. The van der Waals surface area contributed by atoms with Crippen LogP contribution in [0.3, 0.4) is 0 Å². The highest BCUT2D eigenvalue weighted by molar-refractivity contribution is 6.76. The van der Waals surface area contributed by atoms with Gasteiger partial charge in [-0.15, -0.1) is 0 Å². The Bertz CT molecular complexity index is 439. The van der Waals surface area contributed by atoms with Crippen LogP contribution in [0.5, 0.6) is 0 Å². The number of carbonyl (C=O) groups excluding carboxylic acids is 1. The predicted molar refractivity (Wildman–Crippen MR) is 94.5 cm³/mol. The van der Waals surface area contributed by atoms with Crippen LogP contribution in [0.15, 0.2) is 0 Å². The Morgan fingerprint density at radius 2 is 1.87 bits per heavy atom. The van der Waals surface area contributed by atoms with E-state index in [4.69, 9.17) is 4.74 Å². The molecule has 1 aliphatic carbocycles. The van der Waals surface area contributed by atoms with E-state index in [-0.39, 0.29) is 6.04 Å². The first-order valence-corrected chi connectivity index (χ1v) is 12.3. The molecule has 0 aromatic rings. The summed E-state index contributed by atoms with van der Waals surface area (Å²) in [5.41, 5.74) is -1.43. The first-order chi connectivity index (χ1) is 10.4. The molecule has 1 amide bonds. The molecule has 2 unspecified atom stereocenters. The summed E-state index contributed by atoms with van der Waals surface area (Å²) in [5, 5.41) is 12.8. The van der Waals surface area contributed by atoms with Gasteiger partial charge in [-0.2, -0.15) is 0 Å². The van der Waals surface area contributed by atoms with E-state index in [0.717, 1.165) is 18.9 Å². The second-order valence-corrected chi connectivity index (χ2v) is 14.6. The third-order valence-corrected chi connectivity index (χ3v) is 6.22. The summed E-state index contributed by atoms with van der Waals surface area (Å²) in [6, 6.07) is 0.603. The fraction of sp³-hybridized carbons (Fsp3) is 0.882. The molecule has 1 fully saturated rings. The van der Waals surface area contributed by atoms with Crippen molar-refractivity contribution >= 4 is 20.1 Å². The molecule has 1 aliphatic rings. The molecule has 23 heavy (non-hydrogen) atoms. The van der Waals surface area contributed by atoms with E-state index in [1.54, 1.807) is 0 Å². The van der Waals surface area contributed by atoms with Crippen LogP contribution >= 0.6 is 0 Å². The summed E-state index contributed by atoms with van der Waals surface area (Å²) in [6.45, 7) is 12.2. The molecule has 5 nitrogen and oxygen atoms in total. The van der Waals surface area contributed by atoms with Crippen LogP contribution in [-0.4, -0.2) is 36.9 Å². The number of alkyl carbamates (subject to hydrolysis) is 1. The van der Waals surface area contributed by atoms with E-state index in [2.05, 4.69) is 25.0 Å². The molecular weight excluding hydrogens is 310 g/mol. The minimum absolute atomic E-state index is 0.347. The van der Waals surface area contributed by atoms with Gasteiger partial charge in [-0.05, 0) is 40.0 Å². The van der Waals surface area contributed by atoms with Gasteiger partial charge in [0.25, 0.3) is 0 Å². The highest BCUT2D eigenvalue weighted by atomic mass is 28.3. The van der Waals surface area contributed by atoms with Crippen LogP contribution in [0, 0.1) is 5.41 Å². The third-order valence-electron chi connectivity index (χ3n) is 4.47. The van der Waals surface area contributed by atoms with Crippen LogP contribution in [0.4, 0.5) is 4.79 Å². The summed E-state index contributed by atoms with van der Waals surface area (Å²) >= 11 is 0. The van der Waals surface area contributed by atoms with Gasteiger partial charge < -0.3 is 15.2 Å². The van der Waals surface area contributed by atoms with Gasteiger partial charge in [0.15, 0.2) is 0 Å². The van der Waals surface area contributed by atoms with Gasteiger partial charge in [0.2, 0.25) is 0 Å². The number of hydrogen-bond donors (Lipinski definition) is 2. The second kappa shape index (κ2) is 7.24. The smallest absolute Gasteiger partial charge is 0.407 e. The first-order valence-electron chi connectivity index (χ1n) is 8.59. The summed E-state index contributed by atoms with van der Waals surface area (Å²) in [5.74, 6) is -0.781. The maximum absolute atomic E-state index is 12.1.